The minimum atomic E-state index is -0.0340. The molecule has 3 rings (SSSR count). The van der Waals surface area contributed by atoms with Gasteiger partial charge in [0.2, 0.25) is 0 Å². The lowest BCUT2D eigenvalue weighted by atomic mass is 10.0. The van der Waals surface area contributed by atoms with Gasteiger partial charge < -0.3 is 15.0 Å². The Labute approximate surface area is 106 Å². The Hall–Kier alpha value is -1.49. The number of H-pyrrole nitrogens is 1. The third-order valence-corrected chi connectivity index (χ3v) is 3.86. The molecule has 0 saturated carbocycles. The largest absolute Gasteiger partial charge is 0.496 e. The van der Waals surface area contributed by atoms with Gasteiger partial charge in [-0.1, -0.05) is 0 Å². The predicted molar refractivity (Wildman–Crippen MR) is 68.6 cm³/mol. The molecule has 5 heteroatoms. The summed E-state index contributed by atoms with van der Waals surface area (Å²) >= 11 is 3.54. The number of hydrogen-bond donors (Lipinski definition) is 2. The van der Waals surface area contributed by atoms with Gasteiger partial charge in [0, 0.05) is 17.4 Å². The Morgan fingerprint density at radius 3 is 3.00 bits per heavy atom. The lowest BCUT2D eigenvalue weighted by molar-refractivity contribution is 0.0942. The number of rotatable bonds is 1. The number of benzene rings is 1. The SMILES string of the molecule is COc1ccc2[nH]c3c(c2c1Br)CCNC3=O. The molecule has 1 aromatic carbocycles. The molecule has 0 radical (unpaired) electrons. The molecule has 0 unspecified atom stereocenters. The maximum absolute atomic E-state index is 11.7. The topological polar surface area (TPSA) is 54.1 Å². The summed E-state index contributed by atoms with van der Waals surface area (Å²) in [5.41, 5.74) is 2.69. The third kappa shape index (κ3) is 1.45. The molecule has 1 aliphatic heterocycles. The second-order valence-electron chi connectivity index (χ2n) is 3.99. The van der Waals surface area contributed by atoms with Crippen LogP contribution in [-0.4, -0.2) is 24.5 Å². The Kier molecular flexibility index (Phi) is 2.36. The molecule has 4 nitrogen and oxygen atoms in total. The maximum Gasteiger partial charge on any atom is 0.268 e. The number of carbonyl (C=O) groups excluding carboxylic acids is 1. The van der Waals surface area contributed by atoms with Crippen LogP contribution >= 0.6 is 15.9 Å². The van der Waals surface area contributed by atoms with Gasteiger partial charge in [-0.3, -0.25) is 4.79 Å². The predicted octanol–water partition coefficient (Wildman–Crippen LogP) is 2.22. The minimum absolute atomic E-state index is 0.0340. The summed E-state index contributed by atoms with van der Waals surface area (Å²) in [5, 5.41) is 3.88. The molecular weight excluding hydrogens is 284 g/mol. The third-order valence-electron chi connectivity index (χ3n) is 3.08. The Morgan fingerprint density at radius 1 is 1.41 bits per heavy atom. The summed E-state index contributed by atoms with van der Waals surface area (Å²) in [6.07, 6.45) is 0.840. The zero-order chi connectivity index (χ0) is 12.0. The highest BCUT2D eigenvalue weighted by atomic mass is 79.9. The number of ether oxygens (including phenoxy) is 1. The first-order valence-corrected chi connectivity index (χ1v) is 6.17. The highest BCUT2D eigenvalue weighted by Gasteiger charge is 2.23. The van der Waals surface area contributed by atoms with Crippen LogP contribution in [0.4, 0.5) is 0 Å². The zero-order valence-corrected chi connectivity index (χ0v) is 10.8. The molecule has 0 bridgehead atoms. The first kappa shape index (κ1) is 10.7. The fourth-order valence-corrected chi connectivity index (χ4v) is 3.03. The monoisotopic (exact) mass is 294 g/mol. The molecule has 17 heavy (non-hydrogen) atoms. The van der Waals surface area contributed by atoms with Gasteiger partial charge in [0.15, 0.2) is 0 Å². The van der Waals surface area contributed by atoms with Crippen LogP contribution in [-0.2, 0) is 6.42 Å². The summed E-state index contributed by atoms with van der Waals surface area (Å²) in [5.74, 6) is 0.749. The normalized spacial score (nSPS) is 14.6. The standard InChI is InChI=1S/C12H11BrN2O2/c1-17-8-3-2-7-9(10(8)13)6-4-5-14-12(16)11(6)15-7/h2-3,15H,4-5H2,1H3,(H,14,16). The van der Waals surface area contributed by atoms with E-state index in [1.807, 2.05) is 12.1 Å². The highest BCUT2D eigenvalue weighted by Crippen LogP contribution is 2.37. The van der Waals surface area contributed by atoms with E-state index in [2.05, 4.69) is 26.2 Å². The number of fused-ring (bicyclic) bond motifs is 3. The fourth-order valence-electron chi connectivity index (χ4n) is 2.28. The molecule has 2 heterocycles. The van der Waals surface area contributed by atoms with E-state index in [-0.39, 0.29) is 5.91 Å². The maximum atomic E-state index is 11.7. The summed E-state index contributed by atoms with van der Waals surface area (Å²) in [6.45, 7) is 0.683. The van der Waals surface area contributed by atoms with Crippen LogP contribution in [0.25, 0.3) is 10.9 Å². The van der Waals surface area contributed by atoms with Crippen molar-refractivity contribution in [3.63, 3.8) is 0 Å². The number of amides is 1. The van der Waals surface area contributed by atoms with E-state index in [1.165, 1.54) is 0 Å². The number of aromatic amines is 1. The van der Waals surface area contributed by atoms with Crippen LogP contribution in [0.3, 0.4) is 0 Å². The molecule has 0 atom stereocenters. The smallest absolute Gasteiger partial charge is 0.268 e. The van der Waals surface area contributed by atoms with Crippen molar-refractivity contribution in [2.45, 2.75) is 6.42 Å². The lowest BCUT2D eigenvalue weighted by Crippen LogP contribution is -2.31. The molecule has 1 aliphatic rings. The van der Waals surface area contributed by atoms with Crippen molar-refractivity contribution in [1.82, 2.24) is 10.3 Å². The van der Waals surface area contributed by atoms with Gasteiger partial charge in [-0.25, -0.2) is 0 Å². The number of aromatic nitrogens is 1. The number of carbonyl (C=O) groups is 1. The van der Waals surface area contributed by atoms with E-state index in [9.17, 15) is 4.79 Å². The molecule has 0 spiro atoms. The van der Waals surface area contributed by atoms with E-state index >= 15 is 0 Å². The van der Waals surface area contributed by atoms with Crippen molar-refractivity contribution in [1.29, 1.82) is 0 Å². The minimum Gasteiger partial charge on any atom is -0.496 e. The Balaban J connectivity index is 2.36. The van der Waals surface area contributed by atoms with Crippen LogP contribution in [0.5, 0.6) is 5.75 Å². The quantitative estimate of drug-likeness (QED) is 0.847. The van der Waals surface area contributed by atoms with Crippen molar-refractivity contribution < 1.29 is 9.53 Å². The summed E-state index contributed by atoms with van der Waals surface area (Å²) in [7, 11) is 1.64. The fraction of sp³-hybridized carbons (Fsp3) is 0.250. The molecule has 0 aliphatic carbocycles. The van der Waals surface area contributed by atoms with E-state index in [0.29, 0.717) is 12.2 Å². The molecule has 0 fully saturated rings. The van der Waals surface area contributed by atoms with Crippen molar-refractivity contribution >= 4 is 32.7 Å². The van der Waals surface area contributed by atoms with Crippen molar-refractivity contribution in [2.24, 2.45) is 0 Å². The molecule has 88 valence electrons. The molecule has 0 saturated heterocycles. The summed E-state index contributed by atoms with van der Waals surface area (Å²) in [4.78, 5) is 14.9. The van der Waals surface area contributed by atoms with Gasteiger partial charge in [-0.05, 0) is 40.0 Å². The van der Waals surface area contributed by atoms with Gasteiger partial charge in [0.25, 0.3) is 5.91 Å². The van der Waals surface area contributed by atoms with Gasteiger partial charge >= 0.3 is 0 Å². The highest BCUT2D eigenvalue weighted by molar-refractivity contribution is 9.10. The Morgan fingerprint density at radius 2 is 2.24 bits per heavy atom. The molecule has 2 N–H and O–H groups in total. The molecule has 2 aromatic rings. The number of nitrogens with one attached hydrogen (secondary N) is 2. The van der Waals surface area contributed by atoms with E-state index < -0.39 is 0 Å². The van der Waals surface area contributed by atoms with Crippen LogP contribution in [0.1, 0.15) is 16.1 Å². The van der Waals surface area contributed by atoms with Crippen molar-refractivity contribution in [3.05, 3.63) is 27.9 Å². The summed E-state index contributed by atoms with van der Waals surface area (Å²) in [6, 6.07) is 3.82. The van der Waals surface area contributed by atoms with E-state index in [1.54, 1.807) is 7.11 Å². The van der Waals surface area contributed by atoms with E-state index in [0.717, 1.165) is 33.1 Å². The van der Waals surface area contributed by atoms with Gasteiger partial charge in [-0.15, -0.1) is 0 Å². The molecular formula is C12H11BrN2O2. The van der Waals surface area contributed by atoms with Crippen LogP contribution in [0.15, 0.2) is 16.6 Å². The van der Waals surface area contributed by atoms with Crippen LogP contribution < -0.4 is 10.1 Å². The van der Waals surface area contributed by atoms with Gasteiger partial charge in [0.05, 0.1) is 11.6 Å². The second-order valence-corrected chi connectivity index (χ2v) is 4.78. The number of methoxy groups -OCH3 is 1. The average molecular weight is 295 g/mol. The van der Waals surface area contributed by atoms with Crippen LogP contribution in [0.2, 0.25) is 0 Å². The van der Waals surface area contributed by atoms with Gasteiger partial charge in [-0.2, -0.15) is 0 Å². The van der Waals surface area contributed by atoms with Crippen molar-refractivity contribution in [2.75, 3.05) is 13.7 Å². The summed E-state index contributed by atoms with van der Waals surface area (Å²) < 4.78 is 6.19. The average Bonchev–Trinajstić information content (AvgIpc) is 2.70. The van der Waals surface area contributed by atoms with Gasteiger partial charge in [0.1, 0.15) is 11.4 Å². The molecule has 1 amide bonds. The zero-order valence-electron chi connectivity index (χ0n) is 9.26. The lowest BCUT2D eigenvalue weighted by Gasteiger charge is -2.12. The van der Waals surface area contributed by atoms with Crippen molar-refractivity contribution in [3.8, 4) is 5.75 Å². The second kappa shape index (κ2) is 3.77. The van der Waals surface area contributed by atoms with Crippen LogP contribution in [0, 0.1) is 0 Å². The number of hydrogen-bond acceptors (Lipinski definition) is 2. The molecule has 1 aromatic heterocycles. The Bertz CT molecular complexity index is 618. The number of halogens is 1. The first-order valence-electron chi connectivity index (χ1n) is 5.37. The first-order chi connectivity index (χ1) is 8.22. The van der Waals surface area contributed by atoms with E-state index in [4.69, 9.17) is 4.74 Å².